The molecule has 0 fully saturated rings. The summed E-state index contributed by atoms with van der Waals surface area (Å²) in [6.45, 7) is 6.93. The zero-order chi connectivity index (χ0) is 21.1. The van der Waals surface area contributed by atoms with Crippen LogP contribution in [-0.2, 0) is 4.74 Å². The van der Waals surface area contributed by atoms with Gasteiger partial charge in [0.1, 0.15) is 17.1 Å². The molecule has 0 bridgehead atoms. The first-order valence-electron chi connectivity index (χ1n) is 8.54. The summed E-state index contributed by atoms with van der Waals surface area (Å²) in [5, 5.41) is 9.90. The molecule has 1 amide bonds. The average Bonchev–Trinajstić information content (AvgIpc) is 2.59. The fourth-order valence-corrected chi connectivity index (χ4v) is 2.79. The lowest BCUT2D eigenvalue weighted by Gasteiger charge is -2.24. The number of ether oxygens (including phenoxy) is 1. The van der Waals surface area contributed by atoms with Gasteiger partial charge in [0.05, 0.1) is 16.6 Å². The quantitative estimate of drug-likeness (QED) is 0.668. The molecule has 0 aliphatic carbocycles. The van der Waals surface area contributed by atoms with E-state index in [0.29, 0.717) is 6.42 Å². The maximum Gasteiger partial charge on any atom is 0.408 e. The highest BCUT2D eigenvalue weighted by Crippen LogP contribution is 2.29. The lowest BCUT2D eigenvalue weighted by atomic mass is 9.98. The zero-order valence-electron chi connectivity index (χ0n) is 15.8. The third-order valence-corrected chi connectivity index (χ3v) is 4.20. The lowest BCUT2D eigenvalue weighted by Crippen LogP contribution is -2.35. The third-order valence-electron chi connectivity index (χ3n) is 3.69. The molecule has 28 heavy (non-hydrogen) atoms. The van der Waals surface area contributed by atoms with E-state index in [2.05, 4.69) is 15.5 Å². The van der Waals surface area contributed by atoms with Gasteiger partial charge >= 0.3 is 6.09 Å². The number of carbonyl (C=O) groups is 2. The van der Waals surface area contributed by atoms with Crippen molar-refractivity contribution in [1.82, 2.24) is 15.5 Å². The maximum absolute atomic E-state index is 15.2. The van der Waals surface area contributed by atoms with Crippen LogP contribution in [0.5, 0.6) is 0 Å². The van der Waals surface area contributed by atoms with Gasteiger partial charge < -0.3 is 10.1 Å². The number of ketones is 1. The first-order valence-corrected chi connectivity index (χ1v) is 9.30. The monoisotopic (exact) mass is 427 g/mol. The van der Waals surface area contributed by atoms with Gasteiger partial charge in [0, 0.05) is 5.56 Å². The van der Waals surface area contributed by atoms with E-state index in [9.17, 15) is 9.59 Å². The van der Waals surface area contributed by atoms with Crippen molar-refractivity contribution < 1.29 is 18.7 Å². The van der Waals surface area contributed by atoms with Gasteiger partial charge in [0.15, 0.2) is 5.15 Å². The number of alkyl carbamates (subject to hydrolysis) is 1. The molecule has 0 aliphatic heterocycles. The van der Waals surface area contributed by atoms with Crippen LogP contribution in [0.15, 0.2) is 24.3 Å². The molecule has 9 heteroatoms. The van der Waals surface area contributed by atoms with E-state index in [4.69, 9.17) is 27.9 Å². The molecule has 2 aromatic rings. The summed E-state index contributed by atoms with van der Waals surface area (Å²) in [4.78, 5) is 24.8. The van der Waals surface area contributed by atoms with Crippen LogP contribution in [0.3, 0.4) is 0 Å². The Morgan fingerprint density at radius 3 is 2.39 bits per heavy atom. The highest BCUT2D eigenvalue weighted by Gasteiger charge is 2.27. The number of aromatic nitrogens is 2. The molecule has 6 nitrogen and oxygen atoms in total. The molecule has 0 radical (unpaired) electrons. The van der Waals surface area contributed by atoms with Gasteiger partial charge in [-0.2, -0.15) is 0 Å². The Hall–Kier alpha value is -2.25. The first-order chi connectivity index (χ1) is 13.0. The van der Waals surface area contributed by atoms with E-state index in [0.717, 1.165) is 0 Å². The fraction of sp³-hybridized carbons (Fsp3) is 0.368. The molecule has 0 spiro atoms. The summed E-state index contributed by atoms with van der Waals surface area (Å²) in [6.07, 6.45) is -0.322. The summed E-state index contributed by atoms with van der Waals surface area (Å²) in [7, 11) is 0. The average molecular weight is 428 g/mol. The molecule has 1 atom stereocenters. The zero-order valence-corrected chi connectivity index (χ0v) is 17.4. The lowest BCUT2D eigenvalue weighted by molar-refractivity contribution is 0.0501. The van der Waals surface area contributed by atoms with Crippen molar-refractivity contribution in [2.75, 3.05) is 0 Å². The maximum atomic E-state index is 15.2. The highest BCUT2D eigenvalue weighted by molar-refractivity contribution is 6.35. The second-order valence-corrected chi connectivity index (χ2v) is 7.80. The van der Waals surface area contributed by atoms with E-state index in [-0.39, 0.29) is 27.0 Å². The minimum atomic E-state index is -0.836. The van der Waals surface area contributed by atoms with Crippen molar-refractivity contribution >= 4 is 35.1 Å². The molecule has 0 aliphatic rings. The van der Waals surface area contributed by atoms with Crippen molar-refractivity contribution in [3.05, 3.63) is 57.1 Å². The molecular formula is C19H20Cl2FN3O3. The molecule has 0 unspecified atom stereocenters. The third kappa shape index (κ3) is 5.39. The topological polar surface area (TPSA) is 81.2 Å². The van der Waals surface area contributed by atoms with Crippen LogP contribution >= 0.6 is 23.2 Å². The van der Waals surface area contributed by atoms with E-state index in [1.807, 2.05) is 0 Å². The number of carbonyl (C=O) groups excluding carboxylic acids is 2. The molecule has 2 rings (SSSR count). The smallest absolute Gasteiger partial charge is 0.408 e. The molecule has 1 N–H and O–H groups in total. The van der Waals surface area contributed by atoms with Crippen molar-refractivity contribution in [2.45, 2.75) is 45.8 Å². The highest BCUT2D eigenvalue weighted by atomic mass is 35.5. The van der Waals surface area contributed by atoms with Crippen molar-refractivity contribution in [2.24, 2.45) is 0 Å². The number of amides is 1. The Labute approximate surface area is 172 Å². The molecule has 1 aromatic heterocycles. The Morgan fingerprint density at radius 2 is 1.86 bits per heavy atom. The van der Waals surface area contributed by atoms with Gasteiger partial charge in [-0.25, -0.2) is 9.18 Å². The van der Waals surface area contributed by atoms with Crippen LogP contribution in [-0.4, -0.2) is 27.7 Å². The Morgan fingerprint density at radius 1 is 1.18 bits per heavy atom. The van der Waals surface area contributed by atoms with Crippen LogP contribution in [0.2, 0.25) is 10.2 Å². The van der Waals surface area contributed by atoms with Gasteiger partial charge in [-0.3, -0.25) is 4.79 Å². The number of halogens is 3. The number of hydrogen-bond acceptors (Lipinski definition) is 5. The predicted molar refractivity (Wildman–Crippen MR) is 104 cm³/mol. The summed E-state index contributed by atoms with van der Waals surface area (Å²) in [5.41, 5.74) is -1.03. The fourth-order valence-electron chi connectivity index (χ4n) is 2.46. The standard InChI is InChI=1S/C19H20Cl2FN3O3/c1-5-12(23-18(27)28-19(2,3)4)10-6-7-11(20)15(16(10)22)17(26)13-8-9-14(21)25-24-13/h6-9,12H,5H2,1-4H3,(H,23,27)/t12-/m1/s1. The Bertz CT molecular complexity index is 883. The van der Waals surface area contributed by atoms with E-state index in [1.54, 1.807) is 27.7 Å². The van der Waals surface area contributed by atoms with Crippen LogP contribution < -0.4 is 5.32 Å². The van der Waals surface area contributed by atoms with Crippen molar-refractivity contribution in [3.63, 3.8) is 0 Å². The molecule has 1 heterocycles. The van der Waals surface area contributed by atoms with Crippen LogP contribution in [0.25, 0.3) is 0 Å². The molecule has 0 saturated carbocycles. The number of nitrogens with one attached hydrogen (secondary N) is 1. The van der Waals surface area contributed by atoms with Crippen LogP contribution in [0, 0.1) is 5.82 Å². The van der Waals surface area contributed by atoms with Gasteiger partial charge in [-0.15, -0.1) is 10.2 Å². The summed E-state index contributed by atoms with van der Waals surface area (Å²) in [5.74, 6) is -1.57. The summed E-state index contributed by atoms with van der Waals surface area (Å²) >= 11 is 11.7. The molecule has 150 valence electrons. The van der Waals surface area contributed by atoms with Gasteiger partial charge in [-0.1, -0.05) is 36.2 Å². The Balaban J connectivity index is 2.38. The van der Waals surface area contributed by atoms with Gasteiger partial charge in [0.2, 0.25) is 5.78 Å². The SMILES string of the molecule is CC[C@@H](NC(=O)OC(C)(C)C)c1ccc(Cl)c(C(=O)c2ccc(Cl)nn2)c1F. The summed E-state index contributed by atoms with van der Waals surface area (Å²) in [6, 6.07) is 4.81. The molecule has 0 saturated heterocycles. The normalized spacial score (nSPS) is 12.4. The van der Waals surface area contributed by atoms with E-state index < -0.39 is 29.3 Å². The molecular weight excluding hydrogens is 408 g/mol. The van der Waals surface area contributed by atoms with Crippen LogP contribution in [0.4, 0.5) is 9.18 Å². The predicted octanol–water partition coefficient (Wildman–Crippen LogP) is 5.13. The number of rotatable bonds is 5. The van der Waals surface area contributed by atoms with Crippen molar-refractivity contribution in [1.29, 1.82) is 0 Å². The number of hydrogen-bond donors (Lipinski definition) is 1. The minimum absolute atomic E-state index is 0.0740. The Kier molecular flexibility index (Phi) is 6.96. The first kappa shape index (κ1) is 22.0. The van der Waals surface area contributed by atoms with E-state index in [1.165, 1.54) is 24.3 Å². The largest absolute Gasteiger partial charge is 0.444 e. The van der Waals surface area contributed by atoms with E-state index >= 15 is 4.39 Å². The van der Waals surface area contributed by atoms with Gasteiger partial charge in [0.25, 0.3) is 0 Å². The van der Waals surface area contributed by atoms with Crippen molar-refractivity contribution in [3.8, 4) is 0 Å². The van der Waals surface area contributed by atoms with Gasteiger partial charge in [-0.05, 0) is 45.4 Å². The second kappa shape index (κ2) is 8.84. The van der Waals surface area contributed by atoms with Crippen LogP contribution in [0.1, 0.15) is 61.8 Å². The number of nitrogens with zero attached hydrogens (tertiary/aromatic N) is 2. The summed E-state index contributed by atoms with van der Waals surface area (Å²) < 4.78 is 20.4. The molecule has 1 aromatic carbocycles. The second-order valence-electron chi connectivity index (χ2n) is 7.00. The minimum Gasteiger partial charge on any atom is -0.444 e. The number of benzene rings is 1.